The van der Waals surface area contributed by atoms with E-state index in [1.54, 1.807) is 0 Å². The Morgan fingerprint density at radius 3 is 1.48 bits per heavy atom. The quantitative estimate of drug-likeness (QED) is 0.263. The summed E-state index contributed by atoms with van der Waals surface area (Å²) in [5.41, 5.74) is 8.35. The molecule has 3 heteroatoms. The van der Waals surface area contributed by atoms with Crippen molar-refractivity contribution in [1.82, 2.24) is 0 Å². The van der Waals surface area contributed by atoms with Crippen LogP contribution in [0, 0.1) is 6.08 Å². The number of hydrogen-bond acceptors (Lipinski definition) is 0. The van der Waals surface area contributed by atoms with E-state index >= 15 is 0 Å². The Kier molecular flexibility index (Phi) is 14.1. The van der Waals surface area contributed by atoms with Crippen LogP contribution in [0.4, 0.5) is 0 Å². The molecule has 6 rings (SSSR count). The zero-order valence-electron chi connectivity index (χ0n) is 23.8. The third-order valence-electron chi connectivity index (χ3n) is 7.13. The van der Waals surface area contributed by atoms with Gasteiger partial charge in [0.05, 0.1) is 0 Å². The summed E-state index contributed by atoms with van der Waals surface area (Å²) in [6.07, 6.45) is 8.44. The molecule has 0 radical (unpaired) electrons. The molecule has 0 heterocycles. The van der Waals surface area contributed by atoms with Gasteiger partial charge in [0.1, 0.15) is 0 Å². The first-order chi connectivity index (χ1) is 18.5. The van der Waals surface area contributed by atoms with Gasteiger partial charge in [0.15, 0.2) is 0 Å². The summed E-state index contributed by atoms with van der Waals surface area (Å²) >= 11 is 1.46. The molecule has 0 unspecified atom stereocenters. The van der Waals surface area contributed by atoms with Crippen molar-refractivity contribution in [2.75, 3.05) is 0 Å². The van der Waals surface area contributed by atoms with E-state index in [4.69, 9.17) is 0 Å². The molecule has 1 aliphatic rings. The number of fused-ring (bicyclic) bond motifs is 3. The third kappa shape index (κ3) is 8.78. The van der Waals surface area contributed by atoms with Crippen molar-refractivity contribution >= 4 is 24.8 Å². The van der Waals surface area contributed by atoms with E-state index in [0.717, 1.165) is 19.3 Å². The minimum atomic E-state index is 0. The fraction of sp³-hybridized carbons (Fsp3) is 0.189. The molecule has 0 saturated heterocycles. The van der Waals surface area contributed by atoms with Crippen molar-refractivity contribution in [2.45, 2.75) is 47.0 Å². The molecule has 204 valence electrons. The van der Waals surface area contributed by atoms with Crippen LogP contribution >= 0.6 is 0 Å². The molecule has 0 amide bonds. The van der Waals surface area contributed by atoms with E-state index < -0.39 is 0 Å². The second kappa shape index (κ2) is 16.7. The van der Waals surface area contributed by atoms with Gasteiger partial charge in [0, 0.05) is 0 Å². The van der Waals surface area contributed by atoms with Crippen LogP contribution in [-0.4, -0.2) is 3.21 Å². The number of benzene rings is 4. The topological polar surface area (TPSA) is 0 Å². The molecule has 5 aromatic carbocycles. The fourth-order valence-corrected chi connectivity index (χ4v) is 5.38. The maximum absolute atomic E-state index is 3.12. The van der Waals surface area contributed by atoms with Gasteiger partial charge in [0.25, 0.3) is 0 Å². The van der Waals surface area contributed by atoms with Gasteiger partial charge in [-0.25, -0.2) is 11.6 Å². The average Bonchev–Trinajstić information content (AvgIpc) is 3.54. The molecule has 0 spiro atoms. The molecule has 0 bridgehead atoms. The van der Waals surface area contributed by atoms with Crippen LogP contribution in [0.1, 0.15) is 56.4 Å². The van der Waals surface area contributed by atoms with Gasteiger partial charge in [-0.15, -0.1) is 53.1 Å². The van der Waals surface area contributed by atoms with Gasteiger partial charge < -0.3 is 24.8 Å². The second-order valence-electron chi connectivity index (χ2n) is 9.79. The van der Waals surface area contributed by atoms with Crippen LogP contribution in [0.5, 0.6) is 0 Å². The van der Waals surface area contributed by atoms with E-state index in [-0.39, 0.29) is 24.8 Å². The van der Waals surface area contributed by atoms with Crippen molar-refractivity contribution in [3.63, 3.8) is 0 Å². The Morgan fingerprint density at radius 1 is 0.700 bits per heavy atom. The van der Waals surface area contributed by atoms with Crippen LogP contribution in [0.3, 0.4) is 0 Å². The minimum absolute atomic E-state index is 0. The number of allylic oxidation sites excluding steroid dienone is 4. The van der Waals surface area contributed by atoms with Gasteiger partial charge in [-0.1, -0.05) is 56.2 Å². The van der Waals surface area contributed by atoms with Crippen molar-refractivity contribution in [3.8, 4) is 0 Å². The van der Waals surface area contributed by atoms with E-state index in [2.05, 4.69) is 143 Å². The number of rotatable bonds is 4. The maximum atomic E-state index is 3.12. The standard InChI is InChI=1S/C17H17.C13H10.C7H9.2ClH.Zr/c1-3-12-5-7-16-14(9-12)11-15-10-13(4-2)6-8-17(15)16;1-3-7-12(8-4-1)11-13-9-5-2-6-10-13;1-6-4-3-5-7(6)2;;;/h5-11H,3-4H2,1-2H3;1-10H;4H,5H2,1-2H3;2*1H;/q-1;;-1;;;+2/p-2. The molecule has 5 aromatic rings. The first kappa shape index (κ1) is 33.8. The van der Waals surface area contributed by atoms with E-state index in [0.29, 0.717) is 0 Å². The van der Waals surface area contributed by atoms with Gasteiger partial charge in [-0.3, -0.25) is 6.08 Å². The molecular formula is C37H36Cl2Zr-2. The van der Waals surface area contributed by atoms with Crippen molar-refractivity contribution in [1.29, 1.82) is 0 Å². The molecule has 1 aliphatic carbocycles. The molecule has 0 nitrogen and oxygen atoms in total. The Labute approximate surface area is 267 Å². The van der Waals surface area contributed by atoms with Crippen molar-refractivity contribution in [3.05, 3.63) is 149 Å². The SMILES string of the molecule is CC1=C(C)C[C-]=C1.CCc1ccc2c(c1)[cH-]c1cc(CC)ccc12.[Cl-].[Cl-].[Zr+2]=[C](c1ccccc1)c1ccccc1. The summed E-state index contributed by atoms with van der Waals surface area (Å²) in [6, 6.07) is 37.1. The predicted molar refractivity (Wildman–Crippen MR) is 163 cm³/mol. The normalized spacial score (nSPS) is 11.7. The van der Waals surface area contributed by atoms with Crippen LogP contribution in [0.15, 0.2) is 120 Å². The first-order valence-corrected chi connectivity index (χ1v) is 14.8. The summed E-state index contributed by atoms with van der Waals surface area (Å²) in [7, 11) is 0. The third-order valence-corrected chi connectivity index (χ3v) is 8.55. The zero-order valence-corrected chi connectivity index (χ0v) is 27.7. The molecule has 0 aromatic heterocycles. The average molecular weight is 643 g/mol. The molecular weight excluding hydrogens is 607 g/mol. The number of halogens is 2. The monoisotopic (exact) mass is 640 g/mol. The summed E-state index contributed by atoms with van der Waals surface area (Å²) < 4.78 is 1.42. The molecule has 40 heavy (non-hydrogen) atoms. The Hall–Kier alpha value is -2.44. The summed E-state index contributed by atoms with van der Waals surface area (Å²) in [4.78, 5) is 0. The van der Waals surface area contributed by atoms with Crippen molar-refractivity contribution < 1.29 is 49.0 Å². The van der Waals surface area contributed by atoms with Gasteiger partial charge in [0.2, 0.25) is 0 Å². The number of hydrogen-bond donors (Lipinski definition) is 0. The summed E-state index contributed by atoms with van der Waals surface area (Å²) in [5.74, 6) is 0. The Balaban J connectivity index is 0.000000221. The zero-order chi connectivity index (χ0) is 26.9. The van der Waals surface area contributed by atoms with E-state index in [1.807, 2.05) is 0 Å². The summed E-state index contributed by atoms with van der Waals surface area (Å²) in [6.45, 7) is 8.68. The van der Waals surface area contributed by atoms with Crippen LogP contribution in [0.2, 0.25) is 0 Å². The second-order valence-corrected chi connectivity index (χ2v) is 11.0. The summed E-state index contributed by atoms with van der Waals surface area (Å²) in [5, 5.41) is 5.54. The molecule has 0 saturated carbocycles. The first-order valence-electron chi connectivity index (χ1n) is 13.5. The van der Waals surface area contributed by atoms with E-state index in [9.17, 15) is 0 Å². The predicted octanol–water partition coefficient (Wildman–Crippen LogP) is 3.73. The molecule has 0 N–H and O–H groups in total. The van der Waals surface area contributed by atoms with Crippen LogP contribution in [-0.2, 0) is 37.1 Å². The van der Waals surface area contributed by atoms with Gasteiger partial charge in [-0.05, 0) is 12.8 Å². The molecule has 0 aliphatic heterocycles. The van der Waals surface area contributed by atoms with Gasteiger partial charge >= 0.3 is 99.2 Å². The molecule has 0 fully saturated rings. The van der Waals surface area contributed by atoms with Crippen LogP contribution < -0.4 is 24.8 Å². The number of aryl methyl sites for hydroxylation is 2. The fourth-order valence-electron chi connectivity index (χ4n) is 4.56. The van der Waals surface area contributed by atoms with Gasteiger partial charge in [-0.2, -0.15) is 5.57 Å². The van der Waals surface area contributed by atoms with Crippen LogP contribution in [0.25, 0.3) is 21.5 Å². The van der Waals surface area contributed by atoms with Crippen molar-refractivity contribution in [2.24, 2.45) is 0 Å². The molecule has 0 atom stereocenters. The Bertz CT molecular complexity index is 1470. The van der Waals surface area contributed by atoms with E-state index in [1.165, 1.54) is 82.4 Å². The Morgan fingerprint density at radius 2 is 1.15 bits per heavy atom.